The highest BCUT2D eigenvalue weighted by Gasteiger charge is 2.12. The second kappa shape index (κ2) is 6.61. The summed E-state index contributed by atoms with van der Waals surface area (Å²) in [6.45, 7) is 1.81. The molecule has 0 fully saturated rings. The van der Waals surface area contributed by atoms with Crippen molar-refractivity contribution in [3.8, 4) is 0 Å². The van der Waals surface area contributed by atoms with Crippen molar-refractivity contribution in [3.05, 3.63) is 33.3 Å². The highest BCUT2D eigenvalue weighted by molar-refractivity contribution is 9.10. The van der Waals surface area contributed by atoms with Crippen LogP contribution < -0.4 is 5.32 Å². The van der Waals surface area contributed by atoms with E-state index >= 15 is 0 Å². The molecule has 0 aliphatic carbocycles. The van der Waals surface area contributed by atoms with Gasteiger partial charge in [-0.3, -0.25) is 9.59 Å². The van der Waals surface area contributed by atoms with Gasteiger partial charge in [0.15, 0.2) is 0 Å². The first-order chi connectivity index (χ1) is 8.04. The van der Waals surface area contributed by atoms with Gasteiger partial charge in [-0.2, -0.15) is 0 Å². The molecule has 92 valence electrons. The summed E-state index contributed by atoms with van der Waals surface area (Å²) in [6.07, 6.45) is 0. The van der Waals surface area contributed by atoms with Crippen LogP contribution in [0.2, 0.25) is 5.02 Å². The van der Waals surface area contributed by atoms with Gasteiger partial charge in [-0.15, -0.1) is 0 Å². The molecule has 17 heavy (non-hydrogen) atoms. The number of nitrogens with one attached hydrogen (secondary N) is 1. The largest absolute Gasteiger partial charge is 0.465 e. The van der Waals surface area contributed by atoms with E-state index < -0.39 is 11.9 Å². The number of benzene rings is 1. The fourth-order valence-corrected chi connectivity index (χ4v) is 1.70. The summed E-state index contributed by atoms with van der Waals surface area (Å²) in [5, 5.41) is 2.76. The average molecular weight is 321 g/mol. The van der Waals surface area contributed by atoms with Crippen molar-refractivity contribution in [2.75, 3.05) is 13.2 Å². The Kier molecular flexibility index (Phi) is 5.44. The van der Waals surface area contributed by atoms with Gasteiger partial charge >= 0.3 is 5.97 Å². The molecular formula is C11H11BrClNO3. The lowest BCUT2D eigenvalue weighted by molar-refractivity contribution is -0.141. The van der Waals surface area contributed by atoms with Crippen molar-refractivity contribution >= 4 is 39.4 Å². The summed E-state index contributed by atoms with van der Waals surface area (Å²) in [5.41, 5.74) is 0.311. The molecule has 1 aromatic rings. The lowest BCUT2D eigenvalue weighted by Gasteiger charge is -2.06. The van der Waals surface area contributed by atoms with Crippen LogP contribution in [0.4, 0.5) is 0 Å². The van der Waals surface area contributed by atoms with Crippen molar-refractivity contribution in [1.82, 2.24) is 5.32 Å². The summed E-state index contributed by atoms with van der Waals surface area (Å²) in [4.78, 5) is 22.8. The molecule has 0 bridgehead atoms. The first-order valence-corrected chi connectivity index (χ1v) is 6.10. The summed E-state index contributed by atoms with van der Waals surface area (Å²) >= 11 is 9.11. The van der Waals surface area contributed by atoms with Crippen molar-refractivity contribution in [2.24, 2.45) is 0 Å². The van der Waals surface area contributed by atoms with Crippen LogP contribution >= 0.6 is 27.5 Å². The Hall–Kier alpha value is -1.07. The Morgan fingerprint density at radius 2 is 2.18 bits per heavy atom. The van der Waals surface area contributed by atoms with E-state index in [4.69, 9.17) is 11.6 Å². The Labute approximate surface area is 112 Å². The SMILES string of the molecule is CCOC(=O)CNC(=O)c1cc(Br)ccc1Cl. The highest BCUT2D eigenvalue weighted by atomic mass is 79.9. The predicted octanol–water partition coefficient (Wildman–Crippen LogP) is 2.40. The fraction of sp³-hybridized carbons (Fsp3) is 0.273. The minimum atomic E-state index is -0.480. The van der Waals surface area contributed by atoms with Gasteiger partial charge in [0.05, 0.1) is 17.2 Å². The first kappa shape index (κ1) is 14.0. The highest BCUT2D eigenvalue weighted by Crippen LogP contribution is 2.20. The van der Waals surface area contributed by atoms with Crippen LogP contribution in [0.5, 0.6) is 0 Å². The molecule has 0 unspecified atom stereocenters. The Morgan fingerprint density at radius 3 is 2.82 bits per heavy atom. The van der Waals surface area contributed by atoms with Crippen LogP contribution in [0.25, 0.3) is 0 Å². The van der Waals surface area contributed by atoms with Crippen molar-refractivity contribution in [1.29, 1.82) is 0 Å². The molecule has 1 rings (SSSR count). The lowest BCUT2D eigenvalue weighted by atomic mass is 10.2. The Morgan fingerprint density at radius 1 is 1.47 bits per heavy atom. The third-order valence-corrected chi connectivity index (χ3v) is 2.69. The quantitative estimate of drug-likeness (QED) is 0.867. The topological polar surface area (TPSA) is 55.4 Å². The zero-order valence-electron chi connectivity index (χ0n) is 9.13. The molecule has 0 saturated heterocycles. The van der Waals surface area contributed by atoms with Gasteiger partial charge in [-0.05, 0) is 25.1 Å². The summed E-state index contributed by atoms with van der Waals surface area (Å²) in [7, 11) is 0. The number of carbonyl (C=O) groups excluding carboxylic acids is 2. The number of ether oxygens (including phenoxy) is 1. The van der Waals surface area contributed by atoms with Gasteiger partial charge in [0.1, 0.15) is 6.54 Å². The summed E-state index contributed by atoms with van der Waals surface area (Å²) in [6, 6.07) is 4.91. The first-order valence-electron chi connectivity index (χ1n) is 4.93. The molecule has 0 heterocycles. The number of hydrogen-bond acceptors (Lipinski definition) is 3. The molecule has 0 aliphatic rings. The maximum atomic E-state index is 11.7. The molecule has 0 aromatic heterocycles. The van der Waals surface area contributed by atoms with Crippen molar-refractivity contribution in [2.45, 2.75) is 6.92 Å². The van der Waals surface area contributed by atoms with E-state index in [0.29, 0.717) is 10.6 Å². The number of rotatable bonds is 4. The molecule has 6 heteroatoms. The van der Waals surface area contributed by atoms with Crippen LogP contribution in [0, 0.1) is 0 Å². The molecule has 1 amide bonds. The lowest BCUT2D eigenvalue weighted by Crippen LogP contribution is -2.30. The molecule has 1 N–H and O–H groups in total. The van der Waals surface area contributed by atoms with Crippen LogP contribution in [-0.4, -0.2) is 25.0 Å². The van der Waals surface area contributed by atoms with E-state index in [9.17, 15) is 9.59 Å². The van der Waals surface area contributed by atoms with E-state index in [2.05, 4.69) is 26.0 Å². The number of carbonyl (C=O) groups is 2. The van der Waals surface area contributed by atoms with E-state index in [1.54, 1.807) is 25.1 Å². The van der Waals surface area contributed by atoms with E-state index in [-0.39, 0.29) is 13.2 Å². The van der Waals surface area contributed by atoms with Gasteiger partial charge in [0.25, 0.3) is 5.91 Å². The van der Waals surface area contributed by atoms with Crippen LogP contribution in [0.1, 0.15) is 17.3 Å². The smallest absolute Gasteiger partial charge is 0.325 e. The van der Waals surface area contributed by atoms with Crippen LogP contribution in [0.3, 0.4) is 0 Å². The van der Waals surface area contributed by atoms with Gasteiger partial charge in [-0.1, -0.05) is 27.5 Å². The van der Waals surface area contributed by atoms with Crippen molar-refractivity contribution < 1.29 is 14.3 Å². The summed E-state index contributed by atoms with van der Waals surface area (Å²) < 4.78 is 5.43. The van der Waals surface area contributed by atoms with E-state index in [1.165, 1.54) is 0 Å². The standard InChI is InChI=1S/C11H11BrClNO3/c1-2-17-10(15)6-14-11(16)8-5-7(12)3-4-9(8)13/h3-5H,2,6H2,1H3,(H,14,16). The van der Waals surface area contributed by atoms with Crippen LogP contribution in [0.15, 0.2) is 22.7 Å². The number of hydrogen-bond donors (Lipinski definition) is 1. The second-order valence-corrected chi connectivity index (χ2v) is 4.43. The molecule has 1 aromatic carbocycles. The normalized spacial score (nSPS) is 9.82. The molecule has 0 radical (unpaired) electrons. The number of esters is 1. The zero-order chi connectivity index (χ0) is 12.8. The van der Waals surface area contributed by atoms with Gasteiger partial charge in [0.2, 0.25) is 0 Å². The molecule has 4 nitrogen and oxygen atoms in total. The minimum Gasteiger partial charge on any atom is -0.465 e. The average Bonchev–Trinajstić information content (AvgIpc) is 2.29. The maximum absolute atomic E-state index is 11.7. The van der Waals surface area contributed by atoms with Gasteiger partial charge < -0.3 is 10.1 Å². The van der Waals surface area contributed by atoms with Gasteiger partial charge in [0, 0.05) is 4.47 Å². The van der Waals surface area contributed by atoms with E-state index in [0.717, 1.165) is 4.47 Å². The fourth-order valence-electron chi connectivity index (χ4n) is 1.13. The van der Waals surface area contributed by atoms with E-state index in [1.807, 2.05) is 0 Å². The number of halogens is 2. The molecule has 0 aliphatic heterocycles. The van der Waals surface area contributed by atoms with Gasteiger partial charge in [-0.25, -0.2) is 0 Å². The third-order valence-electron chi connectivity index (χ3n) is 1.87. The zero-order valence-corrected chi connectivity index (χ0v) is 11.5. The monoisotopic (exact) mass is 319 g/mol. The second-order valence-electron chi connectivity index (χ2n) is 3.11. The summed E-state index contributed by atoms with van der Waals surface area (Å²) in [5.74, 6) is -0.892. The van der Waals surface area contributed by atoms with Crippen molar-refractivity contribution in [3.63, 3.8) is 0 Å². The molecule has 0 spiro atoms. The van der Waals surface area contributed by atoms with Crippen LogP contribution in [-0.2, 0) is 9.53 Å². The maximum Gasteiger partial charge on any atom is 0.325 e. The third kappa shape index (κ3) is 4.36. The predicted molar refractivity (Wildman–Crippen MR) is 68.1 cm³/mol. The Balaban J connectivity index is 2.64. The minimum absolute atomic E-state index is 0.171. The molecule has 0 atom stereocenters. The Bertz CT molecular complexity index is 437. The molecular weight excluding hydrogens is 309 g/mol. The number of amides is 1. The molecule has 0 saturated carbocycles.